The number of amides is 1. The van der Waals surface area contributed by atoms with Crippen LogP contribution < -0.4 is 10.1 Å². The molecule has 0 saturated carbocycles. The maximum absolute atomic E-state index is 12.4. The molecule has 0 aromatic heterocycles. The normalized spacial score (nSPS) is 16.7. The first kappa shape index (κ1) is 18.9. The number of methoxy groups -OCH3 is 1. The van der Waals surface area contributed by atoms with Crippen LogP contribution in [0, 0.1) is 10.1 Å². The van der Waals surface area contributed by atoms with Crippen LogP contribution in [-0.2, 0) is 4.79 Å². The summed E-state index contributed by atoms with van der Waals surface area (Å²) >= 11 is 1.29. The number of carbonyl (C=O) groups excluding carboxylic acids is 1. The number of hydrazone groups is 1. The van der Waals surface area contributed by atoms with E-state index in [2.05, 4.69) is 15.4 Å². The van der Waals surface area contributed by atoms with Gasteiger partial charge in [0, 0.05) is 24.3 Å². The fourth-order valence-corrected chi connectivity index (χ4v) is 4.00. The van der Waals surface area contributed by atoms with Crippen molar-refractivity contribution in [3.8, 4) is 5.75 Å². The van der Waals surface area contributed by atoms with Gasteiger partial charge in [0.2, 0.25) is 5.91 Å². The number of anilines is 1. The third-order valence-corrected chi connectivity index (χ3v) is 5.48. The molecule has 0 spiro atoms. The van der Waals surface area contributed by atoms with Gasteiger partial charge in [0.1, 0.15) is 5.75 Å². The number of fused-ring (bicyclic) bond motifs is 3. The minimum Gasteiger partial charge on any atom is -0.494 e. The molecule has 29 heavy (non-hydrogen) atoms. The molecule has 2 aromatic rings. The number of carbonyl (C=O) groups is 1. The molecule has 9 nitrogen and oxygen atoms in total. The number of ether oxygens (including phenoxy) is 1. The Labute approximate surface area is 170 Å². The molecule has 0 aliphatic carbocycles. The molecule has 1 unspecified atom stereocenters. The summed E-state index contributed by atoms with van der Waals surface area (Å²) in [6.45, 7) is 0. The number of para-hydroxylation sites is 1. The number of benzene rings is 2. The highest BCUT2D eigenvalue weighted by Crippen LogP contribution is 2.40. The van der Waals surface area contributed by atoms with Crippen molar-refractivity contribution >= 4 is 46.1 Å². The predicted octanol–water partition coefficient (Wildman–Crippen LogP) is 3.71. The second-order valence-electron chi connectivity index (χ2n) is 6.33. The van der Waals surface area contributed by atoms with Crippen LogP contribution in [0.3, 0.4) is 0 Å². The van der Waals surface area contributed by atoms with E-state index in [1.807, 2.05) is 35.5 Å². The van der Waals surface area contributed by atoms with Crippen LogP contribution in [-0.4, -0.2) is 40.1 Å². The number of thioether (sulfide) groups is 1. The van der Waals surface area contributed by atoms with Crippen LogP contribution in [0.5, 0.6) is 5.75 Å². The van der Waals surface area contributed by atoms with Gasteiger partial charge in [-0.05, 0) is 12.1 Å². The average Bonchev–Trinajstić information content (AvgIpc) is 3.22. The SMILES string of the molecule is COc1cc([N+](=O)[O-])ccc1NC(=O)CSC1=Nc2ccccc2C2CC=NN12. The van der Waals surface area contributed by atoms with Gasteiger partial charge in [-0.15, -0.1) is 0 Å². The van der Waals surface area contributed by atoms with E-state index in [1.54, 1.807) is 0 Å². The maximum atomic E-state index is 12.4. The molecular formula is C19H17N5O4S. The Bertz CT molecular complexity index is 1040. The molecule has 2 heterocycles. The van der Waals surface area contributed by atoms with Gasteiger partial charge in [0.25, 0.3) is 5.69 Å². The number of hydrogen-bond acceptors (Lipinski definition) is 8. The minimum atomic E-state index is -0.518. The highest BCUT2D eigenvalue weighted by molar-refractivity contribution is 8.14. The van der Waals surface area contributed by atoms with Gasteiger partial charge < -0.3 is 10.1 Å². The van der Waals surface area contributed by atoms with E-state index in [0.717, 1.165) is 17.7 Å². The molecule has 1 amide bonds. The van der Waals surface area contributed by atoms with Crippen molar-refractivity contribution < 1.29 is 14.5 Å². The molecule has 10 heteroatoms. The molecule has 0 bridgehead atoms. The van der Waals surface area contributed by atoms with Gasteiger partial charge in [0.05, 0.1) is 41.3 Å². The van der Waals surface area contributed by atoms with Gasteiger partial charge in [-0.2, -0.15) is 5.10 Å². The van der Waals surface area contributed by atoms with Crippen LogP contribution in [0.1, 0.15) is 18.0 Å². The quantitative estimate of drug-likeness (QED) is 0.593. The molecule has 0 radical (unpaired) electrons. The molecule has 1 N–H and O–H groups in total. The first-order chi connectivity index (χ1) is 14.1. The van der Waals surface area contributed by atoms with Gasteiger partial charge in [-0.3, -0.25) is 14.9 Å². The minimum absolute atomic E-state index is 0.101. The van der Waals surface area contributed by atoms with E-state index in [9.17, 15) is 14.9 Å². The van der Waals surface area contributed by atoms with Crippen LogP contribution in [0.4, 0.5) is 17.1 Å². The summed E-state index contributed by atoms with van der Waals surface area (Å²) in [6.07, 6.45) is 2.65. The van der Waals surface area contributed by atoms with Crippen LogP contribution in [0.15, 0.2) is 52.6 Å². The number of nitrogens with zero attached hydrogens (tertiary/aromatic N) is 4. The molecule has 2 aliphatic heterocycles. The Balaban J connectivity index is 1.46. The zero-order valence-electron chi connectivity index (χ0n) is 15.4. The van der Waals surface area contributed by atoms with Crippen molar-refractivity contribution in [1.82, 2.24) is 5.01 Å². The van der Waals surface area contributed by atoms with E-state index in [0.29, 0.717) is 10.9 Å². The number of nitro groups is 1. The lowest BCUT2D eigenvalue weighted by molar-refractivity contribution is -0.384. The zero-order chi connectivity index (χ0) is 20.4. The Hall–Kier alpha value is -3.40. The third-order valence-electron chi connectivity index (χ3n) is 4.54. The Kier molecular flexibility index (Phi) is 5.17. The molecule has 2 aromatic carbocycles. The van der Waals surface area contributed by atoms with Crippen molar-refractivity contribution in [2.45, 2.75) is 12.5 Å². The van der Waals surface area contributed by atoms with Crippen molar-refractivity contribution in [2.24, 2.45) is 10.1 Å². The van der Waals surface area contributed by atoms with Crippen molar-refractivity contribution in [3.63, 3.8) is 0 Å². The summed E-state index contributed by atoms with van der Waals surface area (Å²) in [4.78, 5) is 27.5. The highest BCUT2D eigenvalue weighted by Gasteiger charge is 2.32. The summed E-state index contributed by atoms with van der Waals surface area (Å²) < 4.78 is 5.15. The topological polar surface area (TPSA) is 109 Å². The van der Waals surface area contributed by atoms with E-state index < -0.39 is 4.92 Å². The molecule has 0 saturated heterocycles. The van der Waals surface area contributed by atoms with E-state index in [4.69, 9.17) is 4.74 Å². The van der Waals surface area contributed by atoms with E-state index in [-0.39, 0.29) is 29.1 Å². The maximum Gasteiger partial charge on any atom is 0.273 e. The number of rotatable bonds is 5. The Morgan fingerprint density at radius 2 is 2.21 bits per heavy atom. The predicted molar refractivity (Wildman–Crippen MR) is 112 cm³/mol. The Morgan fingerprint density at radius 1 is 1.38 bits per heavy atom. The van der Waals surface area contributed by atoms with Crippen LogP contribution in [0.2, 0.25) is 0 Å². The van der Waals surface area contributed by atoms with Gasteiger partial charge >= 0.3 is 0 Å². The monoisotopic (exact) mass is 411 g/mol. The fourth-order valence-electron chi connectivity index (χ4n) is 3.19. The summed E-state index contributed by atoms with van der Waals surface area (Å²) in [5, 5.41) is 20.5. The van der Waals surface area contributed by atoms with Crippen molar-refractivity contribution in [2.75, 3.05) is 18.2 Å². The molecule has 4 rings (SSSR count). The first-order valence-corrected chi connectivity index (χ1v) is 9.79. The summed E-state index contributed by atoms with van der Waals surface area (Å²) in [5.74, 6) is 0.0639. The van der Waals surface area contributed by atoms with E-state index in [1.165, 1.54) is 37.1 Å². The number of nitrogens with one attached hydrogen (secondary N) is 1. The molecule has 2 aliphatic rings. The molecule has 1 atom stereocenters. The number of hydrogen-bond donors (Lipinski definition) is 1. The largest absolute Gasteiger partial charge is 0.494 e. The Morgan fingerprint density at radius 3 is 3.00 bits per heavy atom. The van der Waals surface area contributed by atoms with Crippen molar-refractivity contribution in [1.29, 1.82) is 0 Å². The standard InChI is InChI=1S/C19H17N5O4S/c1-28-17-10-12(24(26)27)6-7-15(17)21-18(25)11-29-19-22-14-5-3-2-4-13(14)16-8-9-20-23(16)19/h2-7,9-10,16H,8,11H2,1H3,(H,21,25). The number of nitro benzene ring substituents is 1. The molecular weight excluding hydrogens is 394 g/mol. The summed E-state index contributed by atoms with van der Waals surface area (Å²) in [5.41, 5.74) is 2.27. The zero-order valence-corrected chi connectivity index (χ0v) is 16.3. The average molecular weight is 411 g/mol. The first-order valence-electron chi connectivity index (χ1n) is 8.81. The fraction of sp³-hybridized carbons (Fsp3) is 0.211. The third kappa shape index (κ3) is 3.79. The van der Waals surface area contributed by atoms with E-state index >= 15 is 0 Å². The second kappa shape index (κ2) is 7.92. The van der Waals surface area contributed by atoms with Gasteiger partial charge in [0.15, 0.2) is 5.17 Å². The lowest BCUT2D eigenvalue weighted by Crippen LogP contribution is -2.29. The number of amidine groups is 1. The lowest BCUT2D eigenvalue weighted by Gasteiger charge is -2.29. The molecule has 0 fully saturated rings. The smallest absolute Gasteiger partial charge is 0.273 e. The lowest BCUT2D eigenvalue weighted by atomic mass is 10.0. The van der Waals surface area contributed by atoms with Crippen molar-refractivity contribution in [3.05, 3.63) is 58.1 Å². The second-order valence-corrected chi connectivity index (χ2v) is 7.27. The van der Waals surface area contributed by atoms with Crippen LogP contribution >= 0.6 is 11.8 Å². The number of non-ortho nitro benzene ring substituents is 1. The highest BCUT2D eigenvalue weighted by atomic mass is 32.2. The molecule has 148 valence electrons. The number of aliphatic imine (C=N–C) groups is 1. The summed E-state index contributed by atoms with van der Waals surface area (Å²) in [6, 6.07) is 12.1. The van der Waals surface area contributed by atoms with Gasteiger partial charge in [-0.25, -0.2) is 10.0 Å². The van der Waals surface area contributed by atoms with Crippen LogP contribution in [0.25, 0.3) is 0 Å². The summed E-state index contributed by atoms with van der Waals surface area (Å²) in [7, 11) is 1.39. The van der Waals surface area contributed by atoms with Gasteiger partial charge in [-0.1, -0.05) is 30.0 Å².